The first-order valence-electron chi connectivity index (χ1n) is 6.73. The van der Waals surface area contributed by atoms with Crippen LogP contribution in [0.4, 0.5) is 0 Å². The van der Waals surface area contributed by atoms with Gasteiger partial charge in [-0.2, -0.15) is 11.8 Å². The molecule has 1 unspecified atom stereocenters. The molecule has 3 nitrogen and oxygen atoms in total. The summed E-state index contributed by atoms with van der Waals surface area (Å²) in [5, 5.41) is 3.26. The summed E-state index contributed by atoms with van der Waals surface area (Å²) in [5.41, 5.74) is 0. The molecule has 4 heteroatoms. The Balaban J connectivity index is 3.80. The van der Waals surface area contributed by atoms with E-state index < -0.39 is 0 Å². The molecule has 0 aliphatic rings. The maximum absolute atomic E-state index is 11.7. The Morgan fingerprint density at radius 3 is 2.59 bits per heavy atom. The van der Waals surface area contributed by atoms with Crippen molar-refractivity contribution >= 4 is 17.7 Å². The molecule has 0 spiro atoms. The number of hydrogen-bond donors (Lipinski definition) is 1. The average Bonchev–Trinajstić information content (AvgIpc) is 2.33. The molecule has 0 aromatic carbocycles. The Bertz CT molecular complexity index is 188. The Kier molecular flexibility index (Phi) is 12.1. The number of hydrogen-bond acceptors (Lipinski definition) is 4. The summed E-state index contributed by atoms with van der Waals surface area (Å²) in [5.74, 6) is 2.12. The minimum atomic E-state index is -0.121. The third-order valence-corrected chi connectivity index (χ3v) is 3.51. The van der Waals surface area contributed by atoms with Crippen LogP contribution in [0.3, 0.4) is 0 Å². The quantitative estimate of drug-likeness (QED) is 0.458. The normalized spacial score (nSPS) is 12.4. The van der Waals surface area contributed by atoms with Gasteiger partial charge in [0.15, 0.2) is 0 Å². The SMILES string of the molecule is CCCCSCCC(NCCC)C(=O)OCC. The van der Waals surface area contributed by atoms with Crippen LogP contribution in [0.2, 0.25) is 0 Å². The summed E-state index contributed by atoms with van der Waals surface area (Å²) in [7, 11) is 0. The largest absolute Gasteiger partial charge is 0.465 e. The first-order valence-corrected chi connectivity index (χ1v) is 7.89. The van der Waals surface area contributed by atoms with Crippen LogP contribution in [-0.2, 0) is 9.53 Å². The molecule has 0 aliphatic carbocycles. The number of nitrogens with one attached hydrogen (secondary N) is 1. The molecule has 102 valence electrons. The van der Waals surface area contributed by atoms with Gasteiger partial charge in [0.25, 0.3) is 0 Å². The van der Waals surface area contributed by atoms with E-state index in [1.807, 2.05) is 18.7 Å². The molecule has 0 rings (SSSR count). The molecule has 0 radical (unpaired) electrons. The second-order valence-electron chi connectivity index (χ2n) is 4.01. The summed E-state index contributed by atoms with van der Waals surface area (Å²) in [6, 6.07) is -0.121. The lowest BCUT2D eigenvalue weighted by atomic mass is 10.2. The van der Waals surface area contributed by atoms with Crippen molar-refractivity contribution in [2.45, 2.75) is 52.5 Å². The predicted molar refractivity (Wildman–Crippen MR) is 75.6 cm³/mol. The molecule has 0 fully saturated rings. The van der Waals surface area contributed by atoms with Gasteiger partial charge >= 0.3 is 5.97 Å². The van der Waals surface area contributed by atoms with Gasteiger partial charge in [0.05, 0.1) is 6.61 Å². The molecule has 0 aromatic heterocycles. The minimum Gasteiger partial charge on any atom is -0.465 e. The summed E-state index contributed by atoms with van der Waals surface area (Å²) >= 11 is 1.93. The first kappa shape index (κ1) is 16.8. The Hall–Kier alpha value is -0.220. The van der Waals surface area contributed by atoms with Crippen LogP contribution < -0.4 is 5.32 Å². The van der Waals surface area contributed by atoms with Crippen molar-refractivity contribution in [3.8, 4) is 0 Å². The lowest BCUT2D eigenvalue weighted by Gasteiger charge is -2.16. The molecule has 1 atom stereocenters. The number of thioether (sulfide) groups is 1. The number of carbonyl (C=O) groups is 1. The molecule has 1 N–H and O–H groups in total. The van der Waals surface area contributed by atoms with Gasteiger partial charge in [0, 0.05) is 0 Å². The van der Waals surface area contributed by atoms with E-state index in [4.69, 9.17) is 4.74 Å². The maximum Gasteiger partial charge on any atom is 0.323 e. The van der Waals surface area contributed by atoms with E-state index >= 15 is 0 Å². The number of rotatable bonds is 11. The summed E-state index contributed by atoms with van der Waals surface area (Å²) in [6.07, 6.45) is 4.41. The second-order valence-corrected chi connectivity index (χ2v) is 5.24. The van der Waals surface area contributed by atoms with E-state index in [1.54, 1.807) is 0 Å². The minimum absolute atomic E-state index is 0.1000. The molecular weight excluding hydrogens is 234 g/mol. The fraction of sp³-hybridized carbons (Fsp3) is 0.923. The summed E-state index contributed by atoms with van der Waals surface area (Å²) < 4.78 is 5.07. The van der Waals surface area contributed by atoms with Gasteiger partial charge in [-0.1, -0.05) is 20.3 Å². The smallest absolute Gasteiger partial charge is 0.323 e. The monoisotopic (exact) mass is 261 g/mol. The van der Waals surface area contributed by atoms with Crippen LogP contribution in [0.15, 0.2) is 0 Å². The molecule has 0 heterocycles. The number of unbranched alkanes of at least 4 members (excludes halogenated alkanes) is 1. The highest BCUT2D eigenvalue weighted by atomic mass is 32.2. The molecule has 0 bridgehead atoms. The summed E-state index contributed by atoms with van der Waals surface area (Å²) in [4.78, 5) is 11.7. The zero-order valence-corrected chi connectivity index (χ0v) is 12.3. The Morgan fingerprint density at radius 2 is 2.00 bits per heavy atom. The van der Waals surface area contributed by atoms with Crippen molar-refractivity contribution in [2.24, 2.45) is 0 Å². The van der Waals surface area contributed by atoms with Crippen molar-refractivity contribution in [2.75, 3.05) is 24.7 Å². The fourth-order valence-corrected chi connectivity index (χ4v) is 2.51. The molecule has 0 amide bonds. The third-order valence-electron chi connectivity index (χ3n) is 2.40. The molecule has 0 saturated heterocycles. The lowest BCUT2D eigenvalue weighted by molar-refractivity contribution is -0.145. The van der Waals surface area contributed by atoms with Crippen LogP contribution in [0, 0.1) is 0 Å². The topological polar surface area (TPSA) is 38.3 Å². The van der Waals surface area contributed by atoms with Crippen molar-refractivity contribution < 1.29 is 9.53 Å². The van der Waals surface area contributed by atoms with Gasteiger partial charge in [-0.3, -0.25) is 4.79 Å². The van der Waals surface area contributed by atoms with Gasteiger partial charge in [-0.15, -0.1) is 0 Å². The highest BCUT2D eigenvalue weighted by molar-refractivity contribution is 7.99. The molecular formula is C13H27NO2S. The highest BCUT2D eigenvalue weighted by Crippen LogP contribution is 2.09. The van der Waals surface area contributed by atoms with Gasteiger partial charge < -0.3 is 10.1 Å². The van der Waals surface area contributed by atoms with Crippen molar-refractivity contribution in [3.63, 3.8) is 0 Å². The Labute approximate surface area is 110 Å². The number of carbonyl (C=O) groups excluding carboxylic acids is 1. The molecule has 0 aromatic rings. The average molecular weight is 261 g/mol. The number of ether oxygens (including phenoxy) is 1. The zero-order valence-electron chi connectivity index (χ0n) is 11.5. The van der Waals surface area contributed by atoms with Crippen molar-refractivity contribution in [3.05, 3.63) is 0 Å². The van der Waals surface area contributed by atoms with E-state index in [-0.39, 0.29) is 12.0 Å². The molecule has 0 saturated carbocycles. The number of esters is 1. The van der Waals surface area contributed by atoms with E-state index in [1.165, 1.54) is 18.6 Å². The summed E-state index contributed by atoms with van der Waals surface area (Å²) in [6.45, 7) is 7.50. The van der Waals surface area contributed by atoms with Crippen LogP contribution in [-0.4, -0.2) is 36.7 Å². The Morgan fingerprint density at radius 1 is 1.24 bits per heavy atom. The van der Waals surface area contributed by atoms with Crippen molar-refractivity contribution in [1.82, 2.24) is 5.32 Å². The third kappa shape index (κ3) is 9.48. The van der Waals surface area contributed by atoms with Crippen LogP contribution in [0.25, 0.3) is 0 Å². The van der Waals surface area contributed by atoms with Gasteiger partial charge in [0.1, 0.15) is 6.04 Å². The predicted octanol–water partition coefficient (Wildman–Crippen LogP) is 2.84. The first-order chi connectivity index (χ1) is 8.26. The van der Waals surface area contributed by atoms with Crippen LogP contribution >= 0.6 is 11.8 Å². The standard InChI is InChI=1S/C13H27NO2S/c1-4-7-10-17-11-8-12(14-9-5-2)13(15)16-6-3/h12,14H,4-11H2,1-3H3. The van der Waals surface area contributed by atoms with Crippen LogP contribution in [0.1, 0.15) is 46.5 Å². The van der Waals surface area contributed by atoms with Gasteiger partial charge in [0.2, 0.25) is 0 Å². The zero-order chi connectivity index (χ0) is 12.9. The van der Waals surface area contributed by atoms with Crippen molar-refractivity contribution in [1.29, 1.82) is 0 Å². The van der Waals surface area contributed by atoms with Crippen LogP contribution in [0.5, 0.6) is 0 Å². The lowest BCUT2D eigenvalue weighted by Crippen LogP contribution is -2.39. The van der Waals surface area contributed by atoms with E-state index in [2.05, 4.69) is 19.2 Å². The highest BCUT2D eigenvalue weighted by Gasteiger charge is 2.17. The van der Waals surface area contributed by atoms with E-state index in [0.717, 1.165) is 25.1 Å². The second kappa shape index (κ2) is 12.2. The maximum atomic E-state index is 11.7. The molecule has 17 heavy (non-hydrogen) atoms. The van der Waals surface area contributed by atoms with E-state index in [9.17, 15) is 4.79 Å². The van der Waals surface area contributed by atoms with Gasteiger partial charge in [-0.25, -0.2) is 0 Å². The van der Waals surface area contributed by atoms with Gasteiger partial charge in [-0.05, 0) is 44.2 Å². The molecule has 0 aliphatic heterocycles. The fourth-order valence-electron chi connectivity index (χ4n) is 1.41. The van der Waals surface area contributed by atoms with E-state index in [0.29, 0.717) is 6.61 Å².